The first-order valence-corrected chi connectivity index (χ1v) is 19.1. The molecule has 2 aromatic heterocycles. The number of anilines is 1. The molecule has 4 aromatic rings. The highest BCUT2D eigenvalue weighted by Crippen LogP contribution is 2.40. The number of rotatable bonds is 7. The SMILES string of the molecule is CNc1c(Cl)cc(C[C@@H](NC(=O)N2CCC(n3c(=O)[nH]c4c5ccccc5ncc43)CC2)C(=O)N2CCC(N3CC4CC3CN4C)CC2)cc1C(F)(F)F. The number of nitrogens with zero attached hydrogens (tertiary/aromatic N) is 6. The largest absolute Gasteiger partial charge is 0.418 e. The van der Waals surface area contributed by atoms with Crippen LogP contribution >= 0.6 is 11.6 Å². The van der Waals surface area contributed by atoms with E-state index in [9.17, 15) is 27.6 Å². The predicted molar refractivity (Wildman–Crippen MR) is 201 cm³/mol. The summed E-state index contributed by atoms with van der Waals surface area (Å²) in [5, 5.41) is 6.16. The summed E-state index contributed by atoms with van der Waals surface area (Å²) in [6.07, 6.45) is 0.587. The van der Waals surface area contributed by atoms with E-state index in [2.05, 4.69) is 37.4 Å². The standard InChI is InChI=1S/C38H45ClF3N9O3/c1-43-34-28(38(40,41)42)15-22(16-29(34)39)17-31(35(52)48-11-7-23(8-12-48)50-21-25-18-26(50)20-47(25)2)45-36(53)49-13-9-24(10-14-49)51-32-19-44-30-6-4-3-5-27(30)33(32)46-37(51)54/h3-6,15-16,19,23-26,31,43H,7-14,17-18,20-21H2,1-2H3,(H,45,53)(H,46,54)/t25?,26?,31-/m1/s1. The van der Waals surface area contributed by atoms with Crippen molar-refractivity contribution in [3.63, 3.8) is 0 Å². The highest BCUT2D eigenvalue weighted by Gasteiger charge is 2.45. The van der Waals surface area contributed by atoms with Crippen molar-refractivity contribution >= 4 is 51.2 Å². The number of alkyl halides is 3. The first-order valence-electron chi connectivity index (χ1n) is 18.7. The number of benzene rings is 2. The number of aromatic amines is 1. The molecule has 16 heteroatoms. The molecule has 4 fully saturated rings. The molecule has 2 unspecified atom stereocenters. The van der Waals surface area contributed by atoms with Crippen LogP contribution in [0, 0.1) is 0 Å². The molecular weight excluding hydrogens is 723 g/mol. The number of nitrogens with one attached hydrogen (secondary N) is 3. The summed E-state index contributed by atoms with van der Waals surface area (Å²) in [6.45, 7) is 3.72. The Hall–Kier alpha value is -4.34. The van der Waals surface area contributed by atoms with E-state index in [1.807, 2.05) is 24.3 Å². The van der Waals surface area contributed by atoms with Gasteiger partial charge in [-0.25, -0.2) is 9.59 Å². The fraction of sp³-hybridized carbons (Fsp3) is 0.526. The molecule has 3 atom stereocenters. The van der Waals surface area contributed by atoms with Crippen LogP contribution in [0.15, 0.2) is 47.4 Å². The monoisotopic (exact) mass is 767 g/mol. The topological polar surface area (TPSA) is 122 Å². The molecule has 6 heterocycles. The van der Waals surface area contributed by atoms with E-state index < -0.39 is 23.8 Å². The van der Waals surface area contributed by atoms with E-state index in [1.54, 1.807) is 20.6 Å². The van der Waals surface area contributed by atoms with Crippen LogP contribution in [-0.2, 0) is 17.4 Å². The Balaban J connectivity index is 0.981. The van der Waals surface area contributed by atoms with Gasteiger partial charge < -0.3 is 30.3 Å². The lowest BCUT2D eigenvalue weighted by Crippen LogP contribution is -2.57. The smallest absolute Gasteiger partial charge is 0.386 e. The zero-order valence-corrected chi connectivity index (χ0v) is 31.1. The summed E-state index contributed by atoms with van der Waals surface area (Å²) in [6, 6.07) is 9.71. The normalized spacial score (nSPS) is 22.4. The molecule has 4 saturated heterocycles. The number of para-hydroxylation sites is 1. The molecule has 4 aliphatic rings. The molecule has 3 N–H and O–H groups in total. The number of pyridine rings is 1. The number of halogens is 4. The molecule has 0 aliphatic carbocycles. The maximum atomic E-state index is 14.2. The number of hydrogen-bond donors (Lipinski definition) is 3. The second kappa shape index (κ2) is 14.4. The lowest BCUT2D eigenvalue weighted by molar-refractivity contribution is -0.137. The molecule has 3 amide bonds. The van der Waals surface area contributed by atoms with Crippen LogP contribution in [0.25, 0.3) is 21.9 Å². The van der Waals surface area contributed by atoms with Crippen LogP contribution in [0.2, 0.25) is 5.02 Å². The van der Waals surface area contributed by atoms with Crippen molar-refractivity contribution in [2.24, 2.45) is 0 Å². The summed E-state index contributed by atoms with van der Waals surface area (Å²) in [7, 11) is 3.54. The molecule has 12 nitrogen and oxygen atoms in total. The summed E-state index contributed by atoms with van der Waals surface area (Å²) in [5.41, 5.74) is 0.954. The Kier molecular flexibility index (Phi) is 9.76. The number of hydrogen-bond acceptors (Lipinski definition) is 7. The van der Waals surface area contributed by atoms with E-state index in [4.69, 9.17) is 11.6 Å². The first kappa shape index (κ1) is 36.6. The number of urea groups is 1. The molecule has 0 saturated carbocycles. The molecular formula is C38H45ClF3N9O3. The minimum absolute atomic E-state index is 0.121. The average Bonchev–Trinajstić information content (AvgIpc) is 3.85. The van der Waals surface area contributed by atoms with Gasteiger partial charge in [-0.3, -0.25) is 19.2 Å². The fourth-order valence-electron chi connectivity index (χ4n) is 9.33. The average molecular weight is 768 g/mol. The Labute approximate surface area is 315 Å². The second-order valence-electron chi connectivity index (χ2n) is 15.2. The third kappa shape index (κ3) is 6.79. The number of amides is 3. The molecule has 4 aliphatic heterocycles. The van der Waals surface area contributed by atoms with Crippen LogP contribution in [0.3, 0.4) is 0 Å². The van der Waals surface area contributed by atoms with Crippen molar-refractivity contribution in [2.75, 3.05) is 58.7 Å². The molecule has 54 heavy (non-hydrogen) atoms. The molecule has 288 valence electrons. The van der Waals surface area contributed by atoms with Crippen molar-refractivity contribution in [3.8, 4) is 0 Å². The molecule has 8 rings (SSSR count). The third-order valence-corrected chi connectivity index (χ3v) is 12.4. The van der Waals surface area contributed by atoms with Gasteiger partial charge in [0.05, 0.1) is 39.0 Å². The Bertz CT molecular complexity index is 2120. The number of likely N-dealkylation sites (tertiary alicyclic amines) is 4. The minimum atomic E-state index is -4.69. The van der Waals surface area contributed by atoms with E-state index in [0.29, 0.717) is 68.2 Å². The number of imidazole rings is 1. The Morgan fingerprint density at radius 1 is 0.981 bits per heavy atom. The number of aromatic nitrogens is 3. The van der Waals surface area contributed by atoms with E-state index >= 15 is 0 Å². The van der Waals surface area contributed by atoms with Gasteiger partial charge in [-0.1, -0.05) is 29.8 Å². The van der Waals surface area contributed by atoms with Gasteiger partial charge >= 0.3 is 17.9 Å². The highest BCUT2D eigenvalue weighted by atomic mass is 35.5. The lowest BCUT2D eigenvalue weighted by Gasteiger charge is -2.42. The van der Waals surface area contributed by atoms with Crippen molar-refractivity contribution < 1.29 is 22.8 Å². The van der Waals surface area contributed by atoms with Crippen molar-refractivity contribution in [2.45, 2.75) is 74.9 Å². The number of piperidine rings is 2. The van der Waals surface area contributed by atoms with E-state index in [0.717, 1.165) is 42.9 Å². The van der Waals surface area contributed by atoms with Gasteiger partial charge in [0.25, 0.3) is 0 Å². The number of likely N-dealkylation sites (N-methyl/N-ethyl adjacent to an activating group) is 1. The van der Waals surface area contributed by atoms with Gasteiger partial charge in [0, 0.05) is 82.3 Å². The second-order valence-corrected chi connectivity index (χ2v) is 15.7. The van der Waals surface area contributed by atoms with Crippen molar-refractivity contribution in [1.29, 1.82) is 0 Å². The van der Waals surface area contributed by atoms with Gasteiger partial charge in [0.2, 0.25) is 5.91 Å². The lowest BCUT2D eigenvalue weighted by atomic mass is 9.98. The third-order valence-electron chi connectivity index (χ3n) is 12.1. The van der Waals surface area contributed by atoms with Gasteiger partial charge in [-0.15, -0.1) is 0 Å². The summed E-state index contributed by atoms with van der Waals surface area (Å²) < 4.78 is 44.0. The Morgan fingerprint density at radius 2 is 1.69 bits per heavy atom. The Morgan fingerprint density at radius 3 is 2.35 bits per heavy atom. The molecule has 2 bridgehead atoms. The number of H-pyrrole nitrogens is 1. The molecule has 0 spiro atoms. The fourth-order valence-corrected chi connectivity index (χ4v) is 9.66. The van der Waals surface area contributed by atoms with Crippen LogP contribution in [0.5, 0.6) is 0 Å². The molecule has 0 radical (unpaired) electrons. The van der Waals surface area contributed by atoms with Gasteiger partial charge in [-0.2, -0.15) is 13.2 Å². The highest BCUT2D eigenvalue weighted by molar-refractivity contribution is 6.33. The first-order chi connectivity index (χ1) is 25.9. The number of piperazine rings is 1. The van der Waals surface area contributed by atoms with Gasteiger partial charge in [0.15, 0.2) is 0 Å². The molecule has 2 aromatic carbocycles. The maximum Gasteiger partial charge on any atom is 0.418 e. The van der Waals surface area contributed by atoms with Crippen LogP contribution in [0.1, 0.15) is 49.3 Å². The minimum Gasteiger partial charge on any atom is -0.386 e. The maximum absolute atomic E-state index is 14.2. The van der Waals surface area contributed by atoms with Crippen molar-refractivity contribution in [3.05, 3.63) is 69.2 Å². The predicted octanol–water partition coefficient (Wildman–Crippen LogP) is 4.93. The summed E-state index contributed by atoms with van der Waals surface area (Å²) in [5.74, 6) is -0.327. The zero-order valence-electron chi connectivity index (χ0n) is 30.3. The quantitative estimate of drug-likeness (QED) is 0.244. The zero-order chi connectivity index (χ0) is 37.9. The van der Waals surface area contributed by atoms with Gasteiger partial charge in [-0.05, 0) is 62.9 Å². The van der Waals surface area contributed by atoms with Crippen LogP contribution < -0.4 is 16.3 Å². The van der Waals surface area contributed by atoms with Crippen LogP contribution in [-0.4, -0.2) is 124 Å². The number of carbonyl (C=O) groups is 2. The van der Waals surface area contributed by atoms with Gasteiger partial charge in [0.1, 0.15) is 6.04 Å². The summed E-state index contributed by atoms with van der Waals surface area (Å²) in [4.78, 5) is 57.2. The van der Waals surface area contributed by atoms with E-state index in [1.165, 1.54) is 19.5 Å². The van der Waals surface area contributed by atoms with E-state index in [-0.39, 0.29) is 40.3 Å². The van der Waals surface area contributed by atoms with Crippen LogP contribution in [0.4, 0.5) is 23.7 Å². The summed E-state index contributed by atoms with van der Waals surface area (Å²) >= 11 is 6.33. The number of fused-ring (bicyclic) bond motifs is 5. The van der Waals surface area contributed by atoms with Crippen molar-refractivity contribution in [1.82, 2.24) is 39.5 Å². The number of carbonyl (C=O) groups excluding carboxylic acids is 2.